The smallest absolute Gasteiger partial charge is 0.481 e. The summed E-state index contributed by atoms with van der Waals surface area (Å²) in [5.41, 5.74) is -5.51. The van der Waals surface area contributed by atoms with Gasteiger partial charge >= 0.3 is 21.6 Å². The molecule has 0 fully saturated rings. The molecule has 94 valence electrons. The summed E-state index contributed by atoms with van der Waals surface area (Å²) in [6.45, 7) is -1.03. The van der Waals surface area contributed by atoms with E-state index in [1.54, 1.807) is 0 Å². The van der Waals surface area contributed by atoms with Gasteiger partial charge < -0.3 is 5.11 Å². The fourth-order valence-corrected chi connectivity index (χ4v) is 0.742. The van der Waals surface area contributed by atoms with Gasteiger partial charge in [-0.2, -0.15) is 21.6 Å². The van der Waals surface area contributed by atoms with Gasteiger partial charge in [-0.15, -0.1) is 0 Å². The molecule has 0 saturated heterocycles. The number of alkyl halides is 3. The molecule has 0 aromatic carbocycles. The lowest BCUT2D eigenvalue weighted by atomic mass is 10.5. The van der Waals surface area contributed by atoms with E-state index in [-0.39, 0.29) is 0 Å². The van der Waals surface area contributed by atoms with E-state index in [0.717, 1.165) is 0 Å². The molecule has 0 aromatic heterocycles. The van der Waals surface area contributed by atoms with Crippen LogP contribution in [0.25, 0.3) is 0 Å². The summed E-state index contributed by atoms with van der Waals surface area (Å²) >= 11 is 0. The Morgan fingerprint density at radius 2 is 1.81 bits per heavy atom. The van der Waals surface area contributed by atoms with Gasteiger partial charge in [-0.1, -0.05) is 12.2 Å². The van der Waals surface area contributed by atoms with E-state index >= 15 is 0 Å². The van der Waals surface area contributed by atoms with Crippen LogP contribution < -0.4 is 0 Å². The van der Waals surface area contributed by atoms with Gasteiger partial charge in [0.2, 0.25) is 0 Å². The second-order valence-corrected chi connectivity index (χ2v) is 4.18. The first-order valence-corrected chi connectivity index (χ1v) is 5.40. The first kappa shape index (κ1) is 14.9. The summed E-state index contributed by atoms with van der Waals surface area (Å²) in [7, 11) is -5.66. The van der Waals surface area contributed by atoms with Crippen LogP contribution in [0.5, 0.6) is 0 Å². The standard InChI is InChI=1S/C4H5F3O5S.C3H4/c5-4(6,7)13(10,11)12-2-1-3(8)9;1-2-3-1/h1-2H2,(H,8,9);1-2H,3H2. The van der Waals surface area contributed by atoms with Crippen LogP contribution in [0.3, 0.4) is 0 Å². The fourth-order valence-electron chi connectivity index (χ4n) is 0.306. The number of rotatable bonds is 4. The summed E-state index contributed by atoms with van der Waals surface area (Å²) < 4.78 is 58.1. The van der Waals surface area contributed by atoms with E-state index in [9.17, 15) is 26.4 Å². The number of allylic oxidation sites excluding steroid dienone is 2. The molecular weight excluding hydrogens is 253 g/mol. The van der Waals surface area contributed by atoms with E-state index < -0.39 is 34.6 Å². The number of aliphatic carboxylic acids is 1. The average Bonchev–Trinajstić information content (AvgIpc) is 2.85. The number of halogens is 3. The molecule has 1 aliphatic rings. The second-order valence-electron chi connectivity index (χ2n) is 2.57. The third-order valence-corrected chi connectivity index (χ3v) is 2.12. The van der Waals surface area contributed by atoms with Crippen LogP contribution >= 0.6 is 0 Å². The van der Waals surface area contributed by atoms with Crippen LogP contribution in [-0.2, 0) is 19.1 Å². The van der Waals surface area contributed by atoms with Gasteiger partial charge in [0.05, 0.1) is 13.0 Å². The topological polar surface area (TPSA) is 80.7 Å². The molecule has 1 rings (SSSR count). The van der Waals surface area contributed by atoms with Gasteiger partial charge in [-0.3, -0.25) is 8.98 Å². The Bertz CT molecular complexity index is 353. The zero-order valence-electron chi connectivity index (χ0n) is 7.90. The lowest BCUT2D eigenvalue weighted by molar-refractivity contribution is -0.137. The Hall–Kier alpha value is -1.09. The molecule has 0 saturated carbocycles. The van der Waals surface area contributed by atoms with Crippen molar-refractivity contribution in [3.63, 3.8) is 0 Å². The van der Waals surface area contributed by atoms with Gasteiger partial charge in [-0.05, 0) is 6.42 Å². The van der Waals surface area contributed by atoms with Crippen LogP contribution in [0, 0.1) is 0 Å². The van der Waals surface area contributed by atoms with Gasteiger partial charge in [0.1, 0.15) is 0 Å². The maximum atomic E-state index is 11.5. The maximum Gasteiger partial charge on any atom is 0.523 e. The number of hydrogen-bond donors (Lipinski definition) is 1. The third-order valence-electron chi connectivity index (χ3n) is 1.07. The average molecular weight is 262 g/mol. The number of carbonyl (C=O) groups is 1. The van der Waals surface area contributed by atoms with Gasteiger partial charge in [0.15, 0.2) is 0 Å². The first-order chi connectivity index (χ1) is 7.17. The van der Waals surface area contributed by atoms with Crippen LogP contribution in [0.2, 0.25) is 0 Å². The zero-order valence-corrected chi connectivity index (χ0v) is 8.71. The maximum absolute atomic E-state index is 11.5. The van der Waals surface area contributed by atoms with Crippen molar-refractivity contribution in [2.45, 2.75) is 18.3 Å². The van der Waals surface area contributed by atoms with E-state index in [0.29, 0.717) is 0 Å². The van der Waals surface area contributed by atoms with Crippen molar-refractivity contribution in [1.82, 2.24) is 0 Å². The molecule has 0 aliphatic heterocycles. The SMILES string of the molecule is C1=CC1.O=C(O)CCOS(=O)(=O)C(F)(F)F. The molecule has 9 heteroatoms. The Morgan fingerprint density at radius 3 is 2.06 bits per heavy atom. The lowest BCUT2D eigenvalue weighted by Gasteiger charge is -2.06. The normalized spacial score (nSPS) is 13.9. The molecule has 0 aromatic rings. The molecule has 1 N–H and O–H groups in total. The highest BCUT2D eigenvalue weighted by Gasteiger charge is 2.47. The van der Waals surface area contributed by atoms with Crippen molar-refractivity contribution in [3.05, 3.63) is 12.2 Å². The molecule has 16 heavy (non-hydrogen) atoms. The molecule has 0 atom stereocenters. The summed E-state index contributed by atoms with van der Waals surface area (Å²) in [4.78, 5) is 9.78. The highest BCUT2D eigenvalue weighted by molar-refractivity contribution is 7.87. The summed E-state index contributed by atoms with van der Waals surface area (Å²) in [6, 6.07) is 0. The molecule has 0 unspecified atom stereocenters. The van der Waals surface area contributed by atoms with Crippen LogP contribution in [0.1, 0.15) is 12.8 Å². The molecule has 0 amide bonds. The van der Waals surface area contributed by atoms with Gasteiger partial charge in [-0.25, -0.2) is 0 Å². The monoisotopic (exact) mass is 262 g/mol. The molecule has 0 radical (unpaired) electrons. The van der Waals surface area contributed by atoms with Gasteiger partial charge in [0.25, 0.3) is 0 Å². The lowest BCUT2D eigenvalue weighted by Crippen LogP contribution is -2.26. The largest absolute Gasteiger partial charge is 0.523 e. The minimum atomic E-state index is -5.66. The predicted molar refractivity (Wildman–Crippen MR) is 46.9 cm³/mol. The molecule has 0 heterocycles. The van der Waals surface area contributed by atoms with Crippen molar-refractivity contribution in [1.29, 1.82) is 0 Å². The van der Waals surface area contributed by atoms with Crippen molar-refractivity contribution >= 4 is 16.1 Å². The fraction of sp³-hybridized carbons (Fsp3) is 0.571. The molecular formula is C7H9F3O5S. The number of carboxylic acids is 1. The molecule has 0 spiro atoms. The highest BCUT2D eigenvalue weighted by Crippen LogP contribution is 2.24. The third kappa shape index (κ3) is 7.23. The first-order valence-electron chi connectivity index (χ1n) is 3.99. The number of hydrogen-bond acceptors (Lipinski definition) is 4. The number of carboxylic acid groups (broad SMARTS) is 1. The summed E-state index contributed by atoms with van der Waals surface area (Å²) in [5, 5.41) is 7.96. The minimum Gasteiger partial charge on any atom is -0.481 e. The van der Waals surface area contributed by atoms with Crippen molar-refractivity contribution in [2.24, 2.45) is 0 Å². The Labute approximate surface area is 89.6 Å². The molecule has 0 bridgehead atoms. The molecule has 1 aliphatic carbocycles. The van der Waals surface area contributed by atoms with Crippen LogP contribution in [-0.4, -0.2) is 31.6 Å². The van der Waals surface area contributed by atoms with Crippen molar-refractivity contribution in [2.75, 3.05) is 6.61 Å². The van der Waals surface area contributed by atoms with E-state index in [1.165, 1.54) is 6.42 Å². The quantitative estimate of drug-likeness (QED) is 0.469. The summed E-state index contributed by atoms with van der Waals surface area (Å²) in [6.07, 6.45) is 4.69. The van der Waals surface area contributed by atoms with Gasteiger partial charge in [0, 0.05) is 0 Å². The van der Waals surface area contributed by atoms with E-state index in [1.807, 2.05) is 0 Å². The second kappa shape index (κ2) is 5.85. The van der Waals surface area contributed by atoms with Crippen molar-refractivity contribution < 1.29 is 35.7 Å². The Balaban J connectivity index is 0.000000635. The van der Waals surface area contributed by atoms with Crippen molar-refractivity contribution in [3.8, 4) is 0 Å². The summed E-state index contributed by atoms with van der Waals surface area (Å²) in [5.74, 6) is -1.45. The van der Waals surface area contributed by atoms with E-state index in [4.69, 9.17) is 5.11 Å². The Kier molecular flexibility index (Phi) is 5.45. The zero-order chi connectivity index (χ0) is 12.8. The van der Waals surface area contributed by atoms with E-state index in [2.05, 4.69) is 16.3 Å². The molecule has 5 nitrogen and oxygen atoms in total. The van der Waals surface area contributed by atoms with Crippen LogP contribution in [0.4, 0.5) is 13.2 Å². The Morgan fingerprint density at radius 1 is 1.38 bits per heavy atom. The van der Waals surface area contributed by atoms with Crippen LogP contribution in [0.15, 0.2) is 12.2 Å². The predicted octanol–water partition coefficient (Wildman–Crippen LogP) is 1.27. The highest BCUT2D eigenvalue weighted by atomic mass is 32.2. The minimum absolute atomic E-state index is 0.810.